The van der Waals surface area contributed by atoms with Crippen LogP contribution >= 0.6 is 0 Å². The lowest BCUT2D eigenvalue weighted by Crippen LogP contribution is -2.37. The summed E-state index contributed by atoms with van der Waals surface area (Å²) in [4.78, 5) is 2.17. The van der Waals surface area contributed by atoms with E-state index in [2.05, 4.69) is 49.1 Å². The minimum atomic E-state index is 0.128. The molecule has 0 bridgehead atoms. The third kappa shape index (κ3) is 1.89. The summed E-state index contributed by atoms with van der Waals surface area (Å²) in [5.74, 6) is 2.77. The van der Waals surface area contributed by atoms with Crippen molar-refractivity contribution >= 4 is 5.87 Å². The first-order valence-corrected chi connectivity index (χ1v) is 4.00. The smallest absolute Gasteiger partial charge is 0.0642 e. The van der Waals surface area contributed by atoms with Crippen LogP contribution in [-0.4, -0.2) is 23.4 Å². The van der Waals surface area contributed by atoms with Crippen LogP contribution in [0.15, 0.2) is 23.1 Å². The average molecular weight is 165 g/mol. The Morgan fingerprint density at radius 3 is 2.58 bits per heavy atom. The van der Waals surface area contributed by atoms with Gasteiger partial charge in [0, 0.05) is 30.7 Å². The van der Waals surface area contributed by atoms with Crippen molar-refractivity contribution in [2.75, 3.05) is 7.05 Å². The number of hydrogen-bond donors (Lipinski definition) is 1. The van der Waals surface area contributed by atoms with Gasteiger partial charge in [-0.25, -0.2) is 0 Å². The molecule has 0 aromatic rings. The van der Waals surface area contributed by atoms with Gasteiger partial charge >= 0.3 is 0 Å². The Hall–Kier alpha value is -1.21. The summed E-state index contributed by atoms with van der Waals surface area (Å²) in [5.41, 5.74) is 3.99. The van der Waals surface area contributed by atoms with Gasteiger partial charge in [-0.3, -0.25) is 5.43 Å². The monoisotopic (exact) mass is 165 g/mol. The van der Waals surface area contributed by atoms with E-state index >= 15 is 0 Å². The molecule has 0 aliphatic carbocycles. The lowest BCUT2D eigenvalue weighted by Gasteiger charge is -2.34. The zero-order chi connectivity index (χ0) is 9.19. The third-order valence-corrected chi connectivity index (χ3v) is 1.95. The largest absolute Gasteiger partial charge is 0.368 e. The number of nitrogens with zero attached hydrogens (tertiary/aromatic N) is 2. The van der Waals surface area contributed by atoms with Gasteiger partial charge in [0.2, 0.25) is 0 Å². The van der Waals surface area contributed by atoms with Crippen molar-refractivity contribution in [3.05, 3.63) is 18.0 Å². The molecule has 0 fully saturated rings. The zero-order valence-electron chi connectivity index (χ0n) is 8.05. The second-order valence-electron chi connectivity index (χ2n) is 3.81. The van der Waals surface area contributed by atoms with Gasteiger partial charge in [0.1, 0.15) is 0 Å². The van der Waals surface area contributed by atoms with Crippen molar-refractivity contribution in [1.82, 2.24) is 10.3 Å². The molecule has 66 valence electrons. The molecule has 1 heterocycles. The highest BCUT2D eigenvalue weighted by atomic mass is 15.3. The van der Waals surface area contributed by atoms with Crippen molar-refractivity contribution in [2.45, 2.75) is 26.3 Å². The van der Waals surface area contributed by atoms with Gasteiger partial charge in [-0.2, -0.15) is 0 Å². The topological polar surface area (TPSA) is 27.6 Å². The van der Waals surface area contributed by atoms with Crippen molar-refractivity contribution in [2.24, 2.45) is 5.10 Å². The fourth-order valence-electron chi connectivity index (χ4n) is 0.857. The van der Waals surface area contributed by atoms with Gasteiger partial charge in [-0.15, -0.1) is 5.10 Å². The Morgan fingerprint density at radius 1 is 1.50 bits per heavy atom. The normalized spacial score (nSPS) is 15.5. The third-order valence-electron chi connectivity index (χ3n) is 1.95. The van der Waals surface area contributed by atoms with E-state index in [0.717, 1.165) is 5.70 Å². The number of nitrogens with one attached hydrogen (secondary N) is 1. The maximum absolute atomic E-state index is 3.73. The Balaban J connectivity index is 2.78. The minimum absolute atomic E-state index is 0.128. The summed E-state index contributed by atoms with van der Waals surface area (Å²) in [6, 6.07) is 0. The number of hydrogen-bond acceptors (Lipinski definition) is 3. The molecule has 1 N–H and O–H groups in total. The van der Waals surface area contributed by atoms with Gasteiger partial charge in [0.25, 0.3) is 0 Å². The second-order valence-corrected chi connectivity index (χ2v) is 3.81. The SMILES string of the molecule is CN(C1=CNN=C=C1)C(C)(C)C. The molecule has 1 aliphatic heterocycles. The van der Waals surface area contributed by atoms with Gasteiger partial charge in [-0.1, -0.05) is 0 Å². The quantitative estimate of drug-likeness (QED) is 0.634. The van der Waals surface area contributed by atoms with Crippen LogP contribution in [0.4, 0.5) is 0 Å². The highest BCUT2D eigenvalue weighted by Gasteiger charge is 2.18. The number of rotatable bonds is 1. The molecule has 3 heteroatoms. The van der Waals surface area contributed by atoms with Crippen molar-refractivity contribution in [3.8, 4) is 0 Å². The summed E-state index contributed by atoms with van der Waals surface area (Å²) < 4.78 is 0. The van der Waals surface area contributed by atoms with Crippen molar-refractivity contribution < 1.29 is 0 Å². The Morgan fingerprint density at radius 2 is 2.17 bits per heavy atom. The van der Waals surface area contributed by atoms with E-state index < -0.39 is 0 Å². The molecule has 0 amide bonds. The van der Waals surface area contributed by atoms with Crippen LogP contribution in [0.3, 0.4) is 0 Å². The van der Waals surface area contributed by atoms with E-state index in [1.807, 2.05) is 12.3 Å². The minimum Gasteiger partial charge on any atom is -0.368 e. The van der Waals surface area contributed by atoms with Crippen LogP contribution in [0, 0.1) is 0 Å². The molecule has 1 rings (SSSR count). The summed E-state index contributed by atoms with van der Waals surface area (Å²) in [6.07, 6.45) is 3.73. The van der Waals surface area contributed by atoms with Gasteiger partial charge in [0.15, 0.2) is 0 Å². The molecule has 0 saturated heterocycles. The molecule has 0 saturated carbocycles. The van der Waals surface area contributed by atoms with E-state index in [1.54, 1.807) is 0 Å². The maximum Gasteiger partial charge on any atom is 0.0642 e. The van der Waals surface area contributed by atoms with Crippen molar-refractivity contribution in [1.29, 1.82) is 0 Å². The lowest BCUT2D eigenvalue weighted by atomic mass is 10.1. The fourth-order valence-corrected chi connectivity index (χ4v) is 0.857. The van der Waals surface area contributed by atoms with Crippen LogP contribution < -0.4 is 5.43 Å². The highest BCUT2D eigenvalue weighted by Crippen LogP contribution is 2.17. The fraction of sp³-hybridized carbons (Fsp3) is 0.556. The predicted molar refractivity (Wildman–Crippen MR) is 50.7 cm³/mol. The summed E-state index contributed by atoms with van der Waals surface area (Å²) in [6.45, 7) is 6.48. The van der Waals surface area contributed by atoms with Crippen LogP contribution in [0.25, 0.3) is 0 Å². The van der Waals surface area contributed by atoms with E-state index in [-0.39, 0.29) is 5.54 Å². The molecule has 0 spiro atoms. The maximum atomic E-state index is 3.73. The standard InChI is InChI=1S/C9H15N3/c1-9(2,3)12(4)8-5-6-10-11-7-8/h5,7,11H,1-4H3. The number of likely N-dealkylation sites (N-methyl/N-ethyl adjacent to an activating group) is 1. The molecule has 3 nitrogen and oxygen atoms in total. The van der Waals surface area contributed by atoms with Crippen LogP contribution in [0.2, 0.25) is 0 Å². The van der Waals surface area contributed by atoms with Gasteiger partial charge in [0.05, 0.1) is 5.70 Å². The molecule has 1 aliphatic rings. The van der Waals surface area contributed by atoms with E-state index in [1.165, 1.54) is 0 Å². The molecule has 0 atom stereocenters. The molecule has 0 aromatic heterocycles. The van der Waals surface area contributed by atoms with E-state index in [9.17, 15) is 0 Å². The predicted octanol–water partition coefficient (Wildman–Crippen LogP) is 1.30. The summed E-state index contributed by atoms with van der Waals surface area (Å²) >= 11 is 0. The summed E-state index contributed by atoms with van der Waals surface area (Å²) in [7, 11) is 2.05. The van der Waals surface area contributed by atoms with Crippen LogP contribution in [0.1, 0.15) is 20.8 Å². The first kappa shape index (κ1) is 8.88. The molecule has 12 heavy (non-hydrogen) atoms. The second kappa shape index (κ2) is 3.03. The first-order valence-electron chi connectivity index (χ1n) is 4.00. The van der Waals surface area contributed by atoms with Gasteiger partial charge < -0.3 is 4.90 Å². The lowest BCUT2D eigenvalue weighted by molar-refractivity contribution is 0.233. The molecule has 0 radical (unpaired) electrons. The van der Waals surface area contributed by atoms with E-state index in [4.69, 9.17) is 0 Å². The first-order chi connectivity index (χ1) is 5.52. The highest BCUT2D eigenvalue weighted by molar-refractivity contribution is 5.58. The molecule has 0 unspecified atom stereocenters. The van der Waals surface area contributed by atoms with Crippen LogP contribution in [-0.2, 0) is 0 Å². The summed E-state index contributed by atoms with van der Waals surface area (Å²) in [5, 5.41) is 3.73. The van der Waals surface area contributed by atoms with E-state index in [0.29, 0.717) is 0 Å². The molecular weight excluding hydrogens is 150 g/mol. The van der Waals surface area contributed by atoms with Crippen LogP contribution in [0.5, 0.6) is 0 Å². The number of hydrazone groups is 1. The number of allylic oxidation sites excluding steroid dienone is 1. The molecular formula is C9H15N3. The Kier molecular flexibility index (Phi) is 2.25. The Labute approximate surface area is 73.4 Å². The van der Waals surface area contributed by atoms with Gasteiger partial charge in [-0.05, 0) is 20.8 Å². The average Bonchev–Trinajstić information content (AvgIpc) is 2.03. The van der Waals surface area contributed by atoms with Crippen molar-refractivity contribution in [3.63, 3.8) is 0 Å². The zero-order valence-corrected chi connectivity index (χ0v) is 8.05. The molecule has 0 aromatic carbocycles. The Bertz CT molecular complexity index is 251.